The molecule has 240 valence electrons. The molecule has 10 aromatic rings. The molecular weight excluding hydrogens is 641 g/mol. The third-order valence-electron chi connectivity index (χ3n) is 10.3. The smallest absolute Gasteiger partial charge is 0.146 e. The van der Waals surface area contributed by atoms with Crippen molar-refractivity contribution >= 4 is 86.7 Å². The van der Waals surface area contributed by atoms with E-state index in [4.69, 9.17) is 4.99 Å². The fourth-order valence-electron chi connectivity index (χ4n) is 8.11. The van der Waals surface area contributed by atoms with Crippen LogP contribution in [0.3, 0.4) is 0 Å². The Labute approximate surface area is 297 Å². The first-order valence-corrected chi connectivity index (χ1v) is 18.2. The summed E-state index contributed by atoms with van der Waals surface area (Å²) < 4.78 is 7.48. The van der Waals surface area contributed by atoms with E-state index in [1.54, 1.807) is 0 Å². The largest absolute Gasteiger partial charge is 0.346 e. The fourth-order valence-corrected chi connectivity index (χ4v) is 9.22. The van der Waals surface area contributed by atoms with Crippen LogP contribution in [0, 0.1) is 0 Å². The van der Waals surface area contributed by atoms with Gasteiger partial charge in [0.25, 0.3) is 0 Å². The Morgan fingerprint density at radius 2 is 1.18 bits per heavy atom. The number of thiophene rings is 1. The van der Waals surface area contributed by atoms with E-state index in [1.165, 1.54) is 52.8 Å². The molecule has 0 amide bonds. The van der Waals surface area contributed by atoms with E-state index in [0.717, 1.165) is 39.4 Å². The number of rotatable bonds is 4. The normalized spacial score (nSPS) is 14.9. The molecule has 0 spiro atoms. The second-order valence-corrected chi connectivity index (χ2v) is 14.3. The number of allylic oxidation sites excluding steroid dienone is 1. The molecule has 0 bridgehead atoms. The van der Waals surface area contributed by atoms with Crippen molar-refractivity contribution in [1.82, 2.24) is 14.5 Å². The number of nitrogens with one attached hydrogen (secondary N) is 1. The molecule has 0 saturated carbocycles. The van der Waals surface area contributed by atoms with Gasteiger partial charge in [0.05, 0.1) is 27.8 Å². The fraction of sp³-hybridized carbons (Fsp3) is 0.0217. The summed E-state index contributed by atoms with van der Waals surface area (Å²) in [5, 5.41) is 11.5. The average Bonchev–Trinajstić information content (AvgIpc) is 3.85. The van der Waals surface area contributed by atoms with Crippen molar-refractivity contribution in [2.75, 3.05) is 0 Å². The van der Waals surface area contributed by atoms with Crippen LogP contribution < -0.4 is 5.32 Å². The first kappa shape index (κ1) is 28.4. The zero-order chi connectivity index (χ0) is 33.5. The number of aromatic nitrogens is 2. The van der Waals surface area contributed by atoms with E-state index >= 15 is 0 Å². The number of hydrogen-bond acceptors (Lipinski definition) is 3. The minimum absolute atomic E-state index is 0.239. The molecule has 11 rings (SSSR count). The highest BCUT2D eigenvalue weighted by Gasteiger charge is 2.25. The van der Waals surface area contributed by atoms with Gasteiger partial charge in [-0.1, -0.05) is 115 Å². The highest BCUT2D eigenvalue weighted by Crippen LogP contribution is 2.45. The van der Waals surface area contributed by atoms with Crippen molar-refractivity contribution in [3.63, 3.8) is 0 Å². The highest BCUT2D eigenvalue weighted by atomic mass is 32.1. The van der Waals surface area contributed by atoms with E-state index in [0.29, 0.717) is 0 Å². The molecule has 0 saturated heterocycles. The van der Waals surface area contributed by atoms with E-state index in [1.807, 2.05) is 11.3 Å². The Bertz CT molecular complexity index is 3040. The summed E-state index contributed by atoms with van der Waals surface area (Å²) in [5.74, 6) is 0.997. The number of para-hydroxylation sites is 2. The van der Waals surface area contributed by atoms with Gasteiger partial charge in [0, 0.05) is 53.5 Å². The van der Waals surface area contributed by atoms with Gasteiger partial charge in [0.15, 0.2) is 0 Å². The maximum Gasteiger partial charge on any atom is 0.146 e. The van der Waals surface area contributed by atoms with Crippen LogP contribution in [0.15, 0.2) is 175 Å². The lowest BCUT2D eigenvalue weighted by atomic mass is 10.0. The Hall–Kier alpha value is -6.43. The number of aliphatic imine (C=N–C) groups is 1. The lowest BCUT2D eigenvalue weighted by Crippen LogP contribution is -2.27. The molecule has 51 heavy (non-hydrogen) atoms. The van der Waals surface area contributed by atoms with Crippen molar-refractivity contribution in [2.45, 2.75) is 6.17 Å². The number of benzene rings is 7. The van der Waals surface area contributed by atoms with Crippen LogP contribution in [0.5, 0.6) is 0 Å². The number of nitrogens with zero attached hydrogens (tertiary/aromatic N) is 3. The molecule has 0 fully saturated rings. The molecule has 0 radical (unpaired) electrons. The summed E-state index contributed by atoms with van der Waals surface area (Å²) in [6.45, 7) is 0. The second-order valence-electron chi connectivity index (χ2n) is 13.2. The van der Waals surface area contributed by atoms with Gasteiger partial charge in [-0.3, -0.25) is 9.56 Å². The first-order chi connectivity index (χ1) is 25.3. The maximum atomic E-state index is 5.24. The summed E-state index contributed by atoms with van der Waals surface area (Å²) in [6, 6.07) is 58.9. The SMILES string of the molecule is C1=C(n2c3ccccc3c3cc4c5c6c(ccc5n(-c5ccccc5)c4cc32)sc2ccccc26)NC(c2ccccc2)N=C1c1ccccc1. The molecule has 5 heteroatoms. The summed E-state index contributed by atoms with van der Waals surface area (Å²) >= 11 is 1.88. The molecule has 4 heterocycles. The first-order valence-electron chi connectivity index (χ1n) is 17.3. The quantitative estimate of drug-likeness (QED) is 0.199. The average molecular weight is 671 g/mol. The summed E-state index contributed by atoms with van der Waals surface area (Å²) in [6.07, 6.45) is 1.97. The van der Waals surface area contributed by atoms with E-state index in [-0.39, 0.29) is 6.17 Å². The molecule has 1 aliphatic rings. The topological polar surface area (TPSA) is 34.2 Å². The molecule has 4 nitrogen and oxygen atoms in total. The molecule has 1 N–H and O–H groups in total. The van der Waals surface area contributed by atoms with Crippen LogP contribution >= 0.6 is 11.3 Å². The van der Waals surface area contributed by atoms with Gasteiger partial charge in [-0.05, 0) is 59.7 Å². The van der Waals surface area contributed by atoms with Crippen molar-refractivity contribution < 1.29 is 0 Å². The molecule has 1 aliphatic heterocycles. The number of hydrogen-bond donors (Lipinski definition) is 1. The lowest BCUT2D eigenvalue weighted by molar-refractivity contribution is 0.646. The molecular formula is C46H30N4S. The van der Waals surface area contributed by atoms with Crippen molar-refractivity contribution in [3.8, 4) is 5.69 Å². The van der Waals surface area contributed by atoms with Gasteiger partial charge < -0.3 is 9.88 Å². The highest BCUT2D eigenvalue weighted by molar-refractivity contribution is 7.26. The van der Waals surface area contributed by atoms with Crippen LogP contribution in [0.4, 0.5) is 0 Å². The summed E-state index contributed by atoms with van der Waals surface area (Å²) in [4.78, 5) is 5.24. The molecule has 3 aromatic heterocycles. The Balaban J connectivity index is 1.26. The Kier molecular flexibility index (Phi) is 6.15. The third-order valence-corrected chi connectivity index (χ3v) is 11.5. The molecule has 1 unspecified atom stereocenters. The van der Waals surface area contributed by atoms with Gasteiger partial charge in [0.1, 0.15) is 12.0 Å². The van der Waals surface area contributed by atoms with Crippen LogP contribution in [0.1, 0.15) is 17.3 Å². The Morgan fingerprint density at radius 1 is 0.490 bits per heavy atom. The molecule has 7 aromatic carbocycles. The minimum atomic E-state index is -0.239. The van der Waals surface area contributed by atoms with E-state index in [2.05, 4.69) is 184 Å². The monoisotopic (exact) mass is 670 g/mol. The van der Waals surface area contributed by atoms with Crippen molar-refractivity contribution in [3.05, 3.63) is 181 Å². The maximum absolute atomic E-state index is 5.24. The van der Waals surface area contributed by atoms with Gasteiger partial charge >= 0.3 is 0 Å². The summed E-state index contributed by atoms with van der Waals surface area (Å²) in [5.41, 5.74) is 9.02. The van der Waals surface area contributed by atoms with Crippen molar-refractivity contribution in [1.29, 1.82) is 0 Å². The zero-order valence-electron chi connectivity index (χ0n) is 27.5. The van der Waals surface area contributed by atoms with Gasteiger partial charge in [-0.15, -0.1) is 11.3 Å². The van der Waals surface area contributed by atoms with Crippen LogP contribution in [-0.4, -0.2) is 14.8 Å². The molecule has 0 aliphatic carbocycles. The van der Waals surface area contributed by atoms with E-state index < -0.39 is 0 Å². The van der Waals surface area contributed by atoms with Crippen LogP contribution in [0.25, 0.3) is 75.3 Å². The van der Waals surface area contributed by atoms with Crippen LogP contribution in [-0.2, 0) is 0 Å². The van der Waals surface area contributed by atoms with Gasteiger partial charge in [0.2, 0.25) is 0 Å². The van der Waals surface area contributed by atoms with Gasteiger partial charge in [-0.2, -0.15) is 0 Å². The molecule has 1 atom stereocenters. The predicted octanol–water partition coefficient (Wildman–Crippen LogP) is 11.8. The number of fused-ring (bicyclic) bond motifs is 10. The standard InChI is InChI=1S/C46H30N4S/c1-4-14-29(15-5-1)36-27-43(48-46(47-36)30-16-6-2-7-17-30)50-37-22-12-10-20-32(37)34-26-35-40(28-39(34)50)49(31-18-8-3-9-19-31)38-24-25-42-45(44(35)38)33-21-11-13-23-41(33)51-42/h1-28,46,48H. The van der Waals surface area contributed by atoms with E-state index in [9.17, 15) is 0 Å². The van der Waals surface area contributed by atoms with Gasteiger partial charge in [-0.25, -0.2) is 0 Å². The second kappa shape index (κ2) is 11.0. The lowest BCUT2D eigenvalue weighted by Gasteiger charge is -2.26. The predicted molar refractivity (Wildman–Crippen MR) is 216 cm³/mol. The summed E-state index contributed by atoms with van der Waals surface area (Å²) in [7, 11) is 0. The minimum Gasteiger partial charge on any atom is -0.346 e. The van der Waals surface area contributed by atoms with Crippen LogP contribution in [0.2, 0.25) is 0 Å². The Morgan fingerprint density at radius 3 is 2.00 bits per heavy atom. The third kappa shape index (κ3) is 4.28. The zero-order valence-corrected chi connectivity index (χ0v) is 28.3. The van der Waals surface area contributed by atoms with Crippen molar-refractivity contribution in [2.24, 2.45) is 4.99 Å².